The minimum Gasteiger partial charge on any atom is -0.478 e. The third kappa shape index (κ3) is 2.70. The molecule has 0 bridgehead atoms. The van der Waals surface area contributed by atoms with E-state index in [-0.39, 0.29) is 12.0 Å². The molecule has 0 heterocycles. The molecule has 5 nitrogen and oxygen atoms in total. The Morgan fingerprint density at radius 3 is 2.67 bits per heavy atom. The van der Waals surface area contributed by atoms with Gasteiger partial charge in [0.15, 0.2) is 0 Å². The van der Waals surface area contributed by atoms with Crippen LogP contribution < -0.4 is 5.73 Å². The van der Waals surface area contributed by atoms with E-state index in [2.05, 4.69) is 4.74 Å². The van der Waals surface area contributed by atoms with Crippen LogP contribution in [0.2, 0.25) is 0 Å². The minimum atomic E-state index is -1.11. The number of ether oxygens (including phenoxy) is 1. The van der Waals surface area contributed by atoms with E-state index >= 15 is 0 Å². The quantitative estimate of drug-likeness (QED) is 0.564. The van der Waals surface area contributed by atoms with Gasteiger partial charge in [0.2, 0.25) is 0 Å². The third-order valence-electron chi connectivity index (χ3n) is 1.93. The maximum atomic E-state index is 11.0. The van der Waals surface area contributed by atoms with E-state index in [1.165, 1.54) is 19.2 Å². The Balaban J connectivity index is 3.06. The number of carbonyl (C=O) groups excluding carboxylic acids is 1. The Bertz CT molecular complexity index is 400. The average Bonchev–Trinajstić information content (AvgIpc) is 2.20. The van der Waals surface area contributed by atoms with Crippen LogP contribution in [-0.2, 0) is 16.0 Å². The highest BCUT2D eigenvalue weighted by molar-refractivity contribution is 5.92. The molecule has 0 aliphatic heterocycles. The van der Waals surface area contributed by atoms with Crippen molar-refractivity contribution < 1.29 is 19.4 Å². The largest absolute Gasteiger partial charge is 0.478 e. The van der Waals surface area contributed by atoms with E-state index in [1.54, 1.807) is 6.07 Å². The molecular formula is C10H11NO4. The van der Waals surface area contributed by atoms with Crippen molar-refractivity contribution in [3.05, 3.63) is 29.3 Å². The zero-order chi connectivity index (χ0) is 11.4. The topological polar surface area (TPSA) is 89.6 Å². The molecule has 3 N–H and O–H groups in total. The van der Waals surface area contributed by atoms with Crippen LogP contribution in [0.4, 0.5) is 5.69 Å². The molecular weight excluding hydrogens is 198 g/mol. The summed E-state index contributed by atoms with van der Waals surface area (Å²) in [5.41, 5.74) is 6.22. The predicted molar refractivity (Wildman–Crippen MR) is 53.5 cm³/mol. The van der Waals surface area contributed by atoms with Gasteiger partial charge in [-0.1, -0.05) is 6.07 Å². The Morgan fingerprint density at radius 1 is 1.47 bits per heavy atom. The summed E-state index contributed by atoms with van der Waals surface area (Å²) in [4.78, 5) is 21.8. The van der Waals surface area contributed by atoms with Gasteiger partial charge in [0.25, 0.3) is 0 Å². The van der Waals surface area contributed by atoms with Crippen molar-refractivity contribution in [2.45, 2.75) is 6.42 Å². The molecule has 0 saturated carbocycles. The highest BCUT2D eigenvalue weighted by Crippen LogP contribution is 2.14. The van der Waals surface area contributed by atoms with Crippen LogP contribution in [0.1, 0.15) is 15.9 Å². The molecule has 0 aromatic heterocycles. The molecule has 0 amide bonds. The van der Waals surface area contributed by atoms with Gasteiger partial charge in [-0.15, -0.1) is 0 Å². The van der Waals surface area contributed by atoms with Crippen molar-refractivity contribution in [1.82, 2.24) is 0 Å². The average molecular weight is 209 g/mol. The normalized spacial score (nSPS) is 9.67. The number of carboxylic acid groups (broad SMARTS) is 1. The summed E-state index contributed by atoms with van der Waals surface area (Å²) in [5, 5.41) is 8.87. The molecule has 5 heteroatoms. The lowest BCUT2D eigenvalue weighted by Crippen LogP contribution is -2.10. The molecule has 0 fully saturated rings. The molecule has 15 heavy (non-hydrogen) atoms. The first-order valence-corrected chi connectivity index (χ1v) is 4.23. The molecule has 0 aliphatic rings. The van der Waals surface area contributed by atoms with Gasteiger partial charge in [0, 0.05) is 5.69 Å². The molecule has 0 aliphatic carbocycles. The van der Waals surface area contributed by atoms with Crippen LogP contribution in [0.25, 0.3) is 0 Å². The fraction of sp³-hybridized carbons (Fsp3) is 0.200. The first kappa shape index (κ1) is 11.0. The Kier molecular flexibility index (Phi) is 3.28. The van der Waals surface area contributed by atoms with Crippen LogP contribution >= 0.6 is 0 Å². The number of anilines is 1. The van der Waals surface area contributed by atoms with Crippen molar-refractivity contribution in [3.8, 4) is 0 Å². The zero-order valence-corrected chi connectivity index (χ0v) is 8.19. The van der Waals surface area contributed by atoms with E-state index in [0.29, 0.717) is 11.3 Å². The lowest BCUT2D eigenvalue weighted by molar-refractivity contribution is -0.139. The van der Waals surface area contributed by atoms with Gasteiger partial charge in [0.1, 0.15) is 0 Å². The van der Waals surface area contributed by atoms with Gasteiger partial charge in [-0.25, -0.2) is 4.79 Å². The highest BCUT2D eigenvalue weighted by atomic mass is 16.5. The maximum absolute atomic E-state index is 11.0. The molecule has 80 valence electrons. The van der Waals surface area contributed by atoms with E-state index < -0.39 is 11.9 Å². The number of esters is 1. The molecule has 0 spiro atoms. The van der Waals surface area contributed by atoms with Crippen LogP contribution in [0.5, 0.6) is 0 Å². The molecule has 0 unspecified atom stereocenters. The number of hydrogen-bond acceptors (Lipinski definition) is 4. The first-order valence-electron chi connectivity index (χ1n) is 4.23. The first-order chi connectivity index (χ1) is 7.04. The van der Waals surface area contributed by atoms with E-state index in [1.807, 2.05) is 0 Å². The second-order valence-corrected chi connectivity index (χ2v) is 2.97. The molecule has 0 atom stereocenters. The number of nitrogens with two attached hydrogens (primary N) is 1. The van der Waals surface area contributed by atoms with Crippen molar-refractivity contribution in [2.24, 2.45) is 0 Å². The Hall–Kier alpha value is -2.04. The highest BCUT2D eigenvalue weighted by Gasteiger charge is 2.13. The van der Waals surface area contributed by atoms with Crippen molar-refractivity contribution >= 4 is 17.6 Å². The fourth-order valence-electron chi connectivity index (χ4n) is 1.17. The Labute approximate surface area is 86.5 Å². The second kappa shape index (κ2) is 4.45. The lowest BCUT2D eigenvalue weighted by atomic mass is 10.0. The SMILES string of the molecule is COC(=O)Cc1ccc(N)cc1C(=O)O. The van der Waals surface area contributed by atoms with E-state index in [0.717, 1.165) is 0 Å². The monoisotopic (exact) mass is 209 g/mol. The summed E-state index contributed by atoms with van der Waals surface area (Å²) in [6.45, 7) is 0. The molecule has 1 aromatic rings. The van der Waals surface area contributed by atoms with Gasteiger partial charge in [-0.05, 0) is 17.7 Å². The standard InChI is InChI=1S/C10H11NO4/c1-15-9(12)4-6-2-3-7(11)5-8(6)10(13)14/h2-3,5H,4,11H2,1H3,(H,13,14). The summed E-state index contributed by atoms with van der Waals surface area (Å²) >= 11 is 0. The Morgan fingerprint density at radius 2 is 2.13 bits per heavy atom. The minimum absolute atomic E-state index is 0.0281. The van der Waals surface area contributed by atoms with Gasteiger partial charge < -0.3 is 15.6 Å². The third-order valence-corrected chi connectivity index (χ3v) is 1.93. The van der Waals surface area contributed by atoms with Crippen molar-refractivity contribution in [2.75, 3.05) is 12.8 Å². The zero-order valence-electron chi connectivity index (χ0n) is 8.19. The predicted octanol–water partition coefficient (Wildman–Crippen LogP) is 0.683. The molecule has 0 radical (unpaired) electrons. The second-order valence-electron chi connectivity index (χ2n) is 2.97. The molecule has 1 rings (SSSR count). The van der Waals surface area contributed by atoms with E-state index in [4.69, 9.17) is 10.8 Å². The summed E-state index contributed by atoms with van der Waals surface area (Å²) in [5.74, 6) is -1.59. The van der Waals surface area contributed by atoms with Crippen molar-refractivity contribution in [1.29, 1.82) is 0 Å². The van der Waals surface area contributed by atoms with Crippen molar-refractivity contribution in [3.63, 3.8) is 0 Å². The van der Waals surface area contributed by atoms with Gasteiger partial charge in [-0.3, -0.25) is 4.79 Å². The van der Waals surface area contributed by atoms with Gasteiger partial charge in [0.05, 0.1) is 19.1 Å². The maximum Gasteiger partial charge on any atom is 0.336 e. The number of hydrogen-bond donors (Lipinski definition) is 2. The van der Waals surface area contributed by atoms with Crippen LogP contribution in [0.3, 0.4) is 0 Å². The smallest absolute Gasteiger partial charge is 0.336 e. The number of nitrogen functional groups attached to an aromatic ring is 1. The number of carbonyl (C=O) groups is 2. The van der Waals surface area contributed by atoms with Crippen LogP contribution in [-0.4, -0.2) is 24.2 Å². The number of carboxylic acids is 1. The summed E-state index contributed by atoms with van der Waals surface area (Å²) in [7, 11) is 1.25. The number of rotatable bonds is 3. The number of aromatic carboxylic acids is 1. The van der Waals surface area contributed by atoms with Gasteiger partial charge >= 0.3 is 11.9 Å². The molecule has 1 aromatic carbocycles. The van der Waals surface area contributed by atoms with E-state index in [9.17, 15) is 9.59 Å². The lowest BCUT2D eigenvalue weighted by Gasteiger charge is -2.05. The number of benzene rings is 1. The fourth-order valence-corrected chi connectivity index (χ4v) is 1.17. The summed E-state index contributed by atoms with van der Waals surface area (Å²) in [6.07, 6.45) is -0.0710. The number of methoxy groups -OCH3 is 1. The van der Waals surface area contributed by atoms with Crippen LogP contribution in [0.15, 0.2) is 18.2 Å². The molecule has 0 saturated heterocycles. The summed E-state index contributed by atoms with van der Waals surface area (Å²) in [6, 6.07) is 4.38. The van der Waals surface area contributed by atoms with Gasteiger partial charge in [-0.2, -0.15) is 0 Å². The van der Waals surface area contributed by atoms with Crippen LogP contribution in [0, 0.1) is 0 Å². The summed E-state index contributed by atoms with van der Waals surface area (Å²) < 4.78 is 4.46.